The average molecular weight is 437 g/mol. The molecule has 0 bridgehead atoms. The monoisotopic (exact) mass is 436 g/mol. The number of carbonyl (C=O) groups is 2. The van der Waals surface area contributed by atoms with E-state index < -0.39 is 5.82 Å². The number of amides is 2. The first-order valence-corrected chi connectivity index (χ1v) is 11.6. The van der Waals surface area contributed by atoms with Crippen LogP contribution in [0.2, 0.25) is 0 Å². The summed E-state index contributed by atoms with van der Waals surface area (Å²) in [4.78, 5) is 27.3. The fourth-order valence-electron chi connectivity index (χ4n) is 5.22. The molecular weight excluding hydrogens is 407 g/mol. The number of nitrogens with zero attached hydrogens (tertiary/aromatic N) is 1. The van der Waals surface area contributed by atoms with Crippen molar-refractivity contribution in [2.75, 3.05) is 13.1 Å². The molecule has 0 radical (unpaired) electrons. The second-order valence-electron chi connectivity index (χ2n) is 9.43. The van der Waals surface area contributed by atoms with Gasteiger partial charge < -0.3 is 15.0 Å². The number of nitrogens with one attached hydrogen (secondary N) is 1. The summed E-state index contributed by atoms with van der Waals surface area (Å²) >= 11 is 0. The topological polar surface area (TPSA) is 58.6 Å². The van der Waals surface area contributed by atoms with Crippen LogP contribution in [0.25, 0.3) is 0 Å². The van der Waals surface area contributed by atoms with Crippen molar-refractivity contribution in [2.45, 2.75) is 62.5 Å². The lowest BCUT2D eigenvalue weighted by atomic mass is 9.76. The van der Waals surface area contributed by atoms with Crippen LogP contribution in [-0.2, 0) is 4.79 Å². The number of hydrogen-bond donors (Lipinski definition) is 1. The van der Waals surface area contributed by atoms with Gasteiger partial charge in [-0.3, -0.25) is 9.59 Å². The zero-order valence-electron chi connectivity index (χ0n) is 18.2. The Morgan fingerprint density at radius 1 is 1.09 bits per heavy atom. The largest absolute Gasteiger partial charge is 0.487 e. The molecule has 2 aliphatic heterocycles. The number of fused-ring (bicyclic) bond motifs is 1. The minimum absolute atomic E-state index is 0.102. The number of rotatable bonds is 4. The minimum Gasteiger partial charge on any atom is -0.487 e. The Kier molecular flexibility index (Phi) is 5.62. The number of ether oxygens (including phenoxy) is 1. The number of para-hydroxylation sites is 1. The summed E-state index contributed by atoms with van der Waals surface area (Å²) in [5.41, 5.74) is 1.09. The first-order chi connectivity index (χ1) is 15.5. The van der Waals surface area contributed by atoms with Gasteiger partial charge in [0, 0.05) is 49.9 Å². The smallest absolute Gasteiger partial charge is 0.253 e. The van der Waals surface area contributed by atoms with Crippen molar-refractivity contribution in [3.63, 3.8) is 0 Å². The van der Waals surface area contributed by atoms with Crippen LogP contribution in [-0.4, -0.2) is 41.4 Å². The number of piperidine rings is 1. The van der Waals surface area contributed by atoms with E-state index >= 15 is 0 Å². The Balaban J connectivity index is 1.28. The zero-order valence-corrected chi connectivity index (χ0v) is 18.2. The van der Waals surface area contributed by atoms with Gasteiger partial charge in [0.25, 0.3) is 5.91 Å². The summed E-state index contributed by atoms with van der Waals surface area (Å²) < 4.78 is 20.1. The molecule has 2 aromatic carbocycles. The normalized spacial score (nSPS) is 21.9. The minimum atomic E-state index is -0.403. The van der Waals surface area contributed by atoms with E-state index in [4.69, 9.17) is 4.74 Å². The molecule has 5 nitrogen and oxygen atoms in total. The van der Waals surface area contributed by atoms with Gasteiger partial charge in [-0.2, -0.15) is 0 Å². The van der Waals surface area contributed by atoms with Crippen molar-refractivity contribution in [3.05, 3.63) is 65.5 Å². The summed E-state index contributed by atoms with van der Waals surface area (Å²) in [5, 5.41) is 3.17. The summed E-state index contributed by atoms with van der Waals surface area (Å²) in [6, 6.07) is 14.2. The lowest BCUT2D eigenvalue weighted by molar-refractivity contribution is -0.123. The quantitative estimate of drug-likeness (QED) is 0.772. The van der Waals surface area contributed by atoms with Crippen LogP contribution in [0.5, 0.6) is 5.75 Å². The fraction of sp³-hybridized carbons (Fsp3) is 0.462. The van der Waals surface area contributed by atoms with Crippen molar-refractivity contribution in [1.82, 2.24) is 10.2 Å². The lowest BCUT2D eigenvalue weighted by Crippen LogP contribution is -2.52. The Labute approximate surface area is 187 Å². The van der Waals surface area contributed by atoms with Crippen molar-refractivity contribution in [1.29, 1.82) is 0 Å². The van der Waals surface area contributed by atoms with E-state index in [1.165, 1.54) is 18.6 Å². The molecule has 2 heterocycles. The fourth-order valence-corrected chi connectivity index (χ4v) is 5.22. The van der Waals surface area contributed by atoms with Gasteiger partial charge in [-0.15, -0.1) is 0 Å². The van der Waals surface area contributed by atoms with Crippen LogP contribution in [0.4, 0.5) is 4.39 Å². The van der Waals surface area contributed by atoms with Gasteiger partial charge in [0.15, 0.2) is 0 Å². The van der Waals surface area contributed by atoms with Crippen molar-refractivity contribution in [3.8, 4) is 5.75 Å². The third-order valence-electron chi connectivity index (χ3n) is 7.24. The third-order valence-corrected chi connectivity index (χ3v) is 7.24. The first kappa shape index (κ1) is 21.0. The average Bonchev–Trinajstić information content (AvgIpc) is 2.76. The summed E-state index contributed by atoms with van der Waals surface area (Å²) in [5.74, 6) is 0.521. The Bertz CT molecular complexity index is 1010. The Hall–Kier alpha value is -2.89. The lowest BCUT2D eigenvalue weighted by Gasteiger charge is -2.47. The van der Waals surface area contributed by atoms with Gasteiger partial charge >= 0.3 is 0 Å². The van der Waals surface area contributed by atoms with Crippen molar-refractivity contribution in [2.24, 2.45) is 0 Å². The van der Waals surface area contributed by atoms with Gasteiger partial charge in [-0.1, -0.05) is 24.3 Å². The van der Waals surface area contributed by atoms with Gasteiger partial charge in [0.2, 0.25) is 5.91 Å². The molecule has 1 aliphatic carbocycles. The van der Waals surface area contributed by atoms with Crippen LogP contribution >= 0.6 is 0 Å². The molecular formula is C26H29FN2O3. The van der Waals surface area contributed by atoms with Crippen LogP contribution in [0.15, 0.2) is 48.5 Å². The molecule has 6 heteroatoms. The molecule has 5 rings (SSSR count). The van der Waals surface area contributed by atoms with E-state index in [2.05, 4.69) is 11.4 Å². The molecule has 3 aliphatic rings. The second-order valence-corrected chi connectivity index (χ2v) is 9.43. The van der Waals surface area contributed by atoms with Crippen LogP contribution in [0.1, 0.15) is 66.8 Å². The number of likely N-dealkylation sites (tertiary alicyclic amines) is 1. The summed E-state index contributed by atoms with van der Waals surface area (Å²) in [7, 11) is 0. The Morgan fingerprint density at radius 2 is 1.88 bits per heavy atom. The molecule has 1 saturated carbocycles. The maximum absolute atomic E-state index is 13.6. The Morgan fingerprint density at radius 3 is 2.59 bits per heavy atom. The summed E-state index contributed by atoms with van der Waals surface area (Å²) in [6.45, 7) is 1.11. The standard InChI is InChI=1S/C26H29FN2O3/c27-20-6-3-5-18(15-20)25(31)29-13-11-26(12-14-29)17-19(16-24(30)28-21-7-4-8-21)22-9-1-2-10-23(22)32-26/h1-3,5-6,9-10,15,19,21H,4,7-8,11-14,16-17H2,(H,28,30)/t19-/m0/s1. The predicted octanol–water partition coefficient (Wildman–Crippen LogP) is 4.43. The van der Waals surface area contributed by atoms with Crippen LogP contribution < -0.4 is 10.1 Å². The van der Waals surface area contributed by atoms with Crippen LogP contribution in [0.3, 0.4) is 0 Å². The number of carbonyl (C=O) groups excluding carboxylic acids is 2. The zero-order chi connectivity index (χ0) is 22.1. The van der Waals surface area contributed by atoms with E-state index in [1.807, 2.05) is 18.2 Å². The van der Waals surface area contributed by atoms with Crippen molar-refractivity contribution < 1.29 is 18.7 Å². The first-order valence-electron chi connectivity index (χ1n) is 11.6. The van der Waals surface area contributed by atoms with E-state index in [-0.39, 0.29) is 23.3 Å². The highest BCUT2D eigenvalue weighted by Crippen LogP contribution is 2.46. The highest BCUT2D eigenvalue weighted by Gasteiger charge is 2.44. The van der Waals surface area contributed by atoms with E-state index in [9.17, 15) is 14.0 Å². The molecule has 1 atom stereocenters. The molecule has 168 valence electrons. The predicted molar refractivity (Wildman–Crippen MR) is 119 cm³/mol. The molecule has 1 N–H and O–H groups in total. The van der Waals surface area contributed by atoms with Gasteiger partial charge in [-0.05, 0) is 55.5 Å². The molecule has 2 aromatic rings. The molecule has 2 amide bonds. The van der Waals surface area contributed by atoms with Gasteiger partial charge in [0.1, 0.15) is 17.2 Å². The molecule has 0 unspecified atom stereocenters. The van der Waals surface area contributed by atoms with Crippen LogP contribution in [0, 0.1) is 5.82 Å². The highest BCUT2D eigenvalue weighted by molar-refractivity contribution is 5.94. The van der Waals surface area contributed by atoms with E-state index in [1.54, 1.807) is 17.0 Å². The molecule has 1 saturated heterocycles. The number of halogens is 1. The maximum Gasteiger partial charge on any atom is 0.253 e. The second kappa shape index (κ2) is 8.57. The van der Waals surface area contributed by atoms with E-state index in [0.717, 1.165) is 30.6 Å². The highest BCUT2D eigenvalue weighted by atomic mass is 19.1. The van der Waals surface area contributed by atoms with Gasteiger partial charge in [0.05, 0.1) is 0 Å². The molecule has 32 heavy (non-hydrogen) atoms. The van der Waals surface area contributed by atoms with Crippen molar-refractivity contribution >= 4 is 11.8 Å². The molecule has 0 aromatic heterocycles. The number of benzene rings is 2. The SMILES string of the molecule is O=C(C[C@H]1CC2(CCN(C(=O)c3cccc(F)c3)CC2)Oc2ccccc21)NC1CCC1. The third kappa shape index (κ3) is 4.23. The van der Waals surface area contributed by atoms with Gasteiger partial charge in [-0.25, -0.2) is 4.39 Å². The maximum atomic E-state index is 13.6. The molecule has 1 spiro atoms. The summed E-state index contributed by atoms with van der Waals surface area (Å²) in [6.07, 6.45) is 5.98. The van der Waals surface area contributed by atoms with E-state index in [0.29, 0.717) is 44.0 Å². The number of hydrogen-bond acceptors (Lipinski definition) is 3. The molecule has 2 fully saturated rings.